The van der Waals surface area contributed by atoms with Crippen molar-refractivity contribution in [1.82, 2.24) is 0 Å². The molecule has 0 amide bonds. The van der Waals surface area contributed by atoms with Gasteiger partial charge in [-0.3, -0.25) is 9.36 Å². The first-order valence-corrected chi connectivity index (χ1v) is 5.14. The molecular formula is C5H11O4P. The van der Waals surface area contributed by atoms with E-state index >= 15 is 0 Å². The summed E-state index contributed by atoms with van der Waals surface area (Å²) in [5.41, 5.74) is 0. The van der Waals surface area contributed by atoms with E-state index in [1.54, 1.807) is 0 Å². The molecule has 0 rings (SSSR count). The molecule has 0 spiro atoms. The van der Waals surface area contributed by atoms with Crippen LogP contribution in [0, 0.1) is 5.92 Å². The van der Waals surface area contributed by atoms with Crippen LogP contribution in [0.4, 0.5) is 0 Å². The third-order valence-corrected chi connectivity index (χ3v) is 2.26. The van der Waals surface area contributed by atoms with Gasteiger partial charge in [0.15, 0.2) is 7.37 Å². The fourth-order valence-corrected chi connectivity index (χ4v) is 1.76. The number of hydrogen-bond acceptors (Lipinski definition) is 2. The van der Waals surface area contributed by atoms with Crippen LogP contribution in [0.3, 0.4) is 0 Å². The summed E-state index contributed by atoms with van der Waals surface area (Å²) in [4.78, 5) is 18.9. The van der Waals surface area contributed by atoms with Crippen molar-refractivity contribution in [3.63, 3.8) is 0 Å². The third-order valence-electron chi connectivity index (χ3n) is 1.03. The van der Waals surface area contributed by atoms with Crippen molar-refractivity contribution in [2.24, 2.45) is 5.92 Å². The summed E-state index contributed by atoms with van der Waals surface area (Å²) in [7, 11) is -3.16. The normalized spacial score (nSPS) is 19.5. The van der Waals surface area contributed by atoms with E-state index < -0.39 is 19.3 Å². The van der Waals surface area contributed by atoms with Crippen LogP contribution in [-0.2, 0) is 9.36 Å². The first-order valence-electron chi connectivity index (χ1n) is 2.85. The highest BCUT2D eigenvalue weighted by atomic mass is 31.2. The van der Waals surface area contributed by atoms with Crippen LogP contribution in [-0.4, -0.2) is 28.8 Å². The zero-order valence-corrected chi connectivity index (χ0v) is 6.84. The predicted octanol–water partition coefficient (Wildman–Crippen LogP) is 0.607. The van der Waals surface area contributed by atoms with Crippen molar-refractivity contribution < 1.29 is 19.4 Å². The molecule has 2 atom stereocenters. The monoisotopic (exact) mass is 166 g/mol. The maximum atomic E-state index is 10.6. The molecule has 0 aliphatic rings. The Balaban J connectivity index is 3.93. The number of carboxylic acids is 1. The molecule has 10 heavy (non-hydrogen) atoms. The Morgan fingerprint density at radius 3 is 2.20 bits per heavy atom. The van der Waals surface area contributed by atoms with Gasteiger partial charge in [-0.15, -0.1) is 0 Å². The number of carboxylic acid groups (broad SMARTS) is 1. The Kier molecular flexibility index (Phi) is 3.06. The Bertz CT molecular complexity index is 170. The van der Waals surface area contributed by atoms with Crippen molar-refractivity contribution in [2.75, 3.05) is 12.8 Å². The molecule has 4 nitrogen and oxygen atoms in total. The van der Waals surface area contributed by atoms with Crippen molar-refractivity contribution in [3.05, 3.63) is 0 Å². The van der Waals surface area contributed by atoms with Gasteiger partial charge in [-0.05, 0) is 0 Å². The molecule has 0 heterocycles. The summed E-state index contributed by atoms with van der Waals surface area (Å²) in [5.74, 6) is -1.77. The highest BCUT2D eigenvalue weighted by Gasteiger charge is 2.20. The summed E-state index contributed by atoms with van der Waals surface area (Å²) in [6.45, 7) is 2.57. The quantitative estimate of drug-likeness (QED) is 0.602. The summed E-state index contributed by atoms with van der Waals surface area (Å²) >= 11 is 0. The van der Waals surface area contributed by atoms with Crippen LogP contribution in [0.15, 0.2) is 0 Å². The Morgan fingerprint density at radius 2 is 2.10 bits per heavy atom. The van der Waals surface area contributed by atoms with Gasteiger partial charge in [-0.25, -0.2) is 0 Å². The van der Waals surface area contributed by atoms with Crippen molar-refractivity contribution in [1.29, 1.82) is 0 Å². The fourth-order valence-electron chi connectivity index (χ4n) is 0.586. The van der Waals surface area contributed by atoms with Crippen LogP contribution in [0.2, 0.25) is 0 Å². The molecule has 0 bridgehead atoms. The van der Waals surface area contributed by atoms with Gasteiger partial charge in [0.2, 0.25) is 0 Å². The molecular weight excluding hydrogens is 155 g/mol. The van der Waals surface area contributed by atoms with Crippen LogP contribution in [0.5, 0.6) is 0 Å². The maximum Gasteiger partial charge on any atom is 0.306 e. The molecule has 0 saturated carbocycles. The molecule has 0 radical (unpaired) electrons. The summed E-state index contributed by atoms with van der Waals surface area (Å²) < 4.78 is 10.6. The first kappa shape index (κ1) is 9.66. The average molecular weight is 166 g/mol. The fraction of sp³-hybridized carbons (Fsp3) is 0.800. The SMILES string of the molecule is CC(CP(C)(=O)O)C(=O)O. The van der Waals surface area contributed by atoms with Gasteiger partial charge >= 0.3 is 5.97 Å². The summed E-state index contributed by atoms with van der Waals surface area (Å²) in [6, 6.07) is 0. The summed E-state index contributed by atoms with van der Waals surface area (Å²) in [5, 5.41) is 8.31. The molecule has 0 fully saturated rings. The van der Waals surface area contributed by atoms with Crippen LogP contribution in [0.1, 0.15) is 6.92 Å². The lowest BCUT2D eigenvalue weighted by Gasteiger charge is -2.07. The molecule has 0 aromatic heterocycles. The first-order chi connectivity index (χ1) is 4.33. The molecule has 0 aromatic carbocycles. The van der Waals surface area contributed by atoms with E-state index in [4.69, 9.17) is 10.00 Å². The van der Waals surface area contributed by atoms with Crippen molar-refractivity contribution >= 4 is 13.3 Å². The largest absolute Gasteiger partial charge is 0.481 e. The van der Waals surface area contributed by atoms with E-state index in [9.17, 15) is 9.36 Å². The third kappa shape index (κ3) is 4.53. The van der Waals surface area contributed by atoms with Gasteiger partial charge in [-0.2, -0.15) is 0 Å². The Labute approximate surface area is 59.3 Å². The zero-order valence-electron chi connectivity index (χ0n) is 5.94. The van der Waals surface area contributed by atoms with Crippen molar-refractivity contribution in [2.45, 2.75) is 6.92 Å². The smallest absolute Gasteiger partial charge is 0.306 e. The van der Waals surface area contributed by atoms with Crippen molar-refractivity contribution in [3.8, 4) is 0 Å². The van der Waals surface area contributed by atoms with Gasteiger partial charge < -0.3 is 10.00 Å². The van der Waals surface area contributed by atoms with E-state index in [0.29, 0.717) is 0 Å². The Morgan fingerprint density at radius 1 is 1.70 bits per heavy atom. The van der Waals surface area contributed by atoms with Crippen LogP contribution >= 0.6 is 7.37 Å². The number of carbonyl (C=O) groups is 1. The molecule has 0 aliphatic heterocycles. The molecule has 2 unspecified atom stereocenters. The van der Waals surface area contributed by atoms with E-state index in [-0.39, 0.29) is 6.16 Å². The molecule has 60 valence electrons. The lowest BCUT2D eigenvalue weighted by molar-refractivity contribution is -0.140. The van der Waals surface area contributed by atoms with E-state index in [1.165, 1.54) is 6.92 Å². The lowest BCUT2D eigenvalue weighted by Crippen LogP contribution is -2.13. The standard InChI is InChI=1S/C5H11O4P/c1-4(5(6)7)3-10(2,8)9/h4H,3H2,1-2H3,(H,6,7)(H,8,9). The lowest BCUT2D eigenvalue weighted by atomic mass is 10.2. The van der Waals surface area contributed by atoms with E-state index in [2.05, 4.69) is 0 Å². The van der Waals surface area contributed by atoms with Gasteiger partial charge in [0.05, 0.1) is 5.92 Å². The van der Waals surface area contributed by atoms with E-state index in [1.807, 2.05) is 0 Å². The number of rotatable bonds is 3. The number of hydrogen-bond donors (Lipinski definition) is 2. The van der Waals surface area contributed by atoms with Gasteiger partial charge in [0.25, 0.3) is 0 Å². The summed E-state index contributed by atoms with van der Waals surface area (Å²) in [6.07, 6.45) is -0.150. The second kappa shape index (κ2) is 3.17. The van der Waals surface area contributed by atoms with Gasteiger partial charge in [-0.1, -0.05) is 6.92 Å². The van der Waals surface area contributed by atoms with Gasteiger partial charge in [0, 0.05) is 12.8 Å². The molecule has 0 saturated heterocycles. The predicted molar refractivity (Wildman–Crippen MR) is 37.4 cm³/mol. The molecule has 2 N–H and O–H groups in total. The minimum Gasteiger partial charge on any atom is -0.481 e. The zero-order chi connectivity index (χ0) is 8.36. The van der Waals surface area contributed by atoms with Gasteiger partial charge in [0.1, 0.15) is 0 Å². The molecule has 5 heteroatoms. The maximum absolute atomic E-state index is 10.6. The highest BCUT2D eigenvalue weighted by Crippen LogP contribution is 2.37. The van der Waals surface area contributed by atoms with E-state index in [0.717, 1.165) is 6.66 Å². The minimum absolute atomic E-state index is 0.150. The second-order valence-electron chi connectivity index (χ2n) is 2.47. The minimum atomic E-state index is -3.16. The second-order valence-corrected chi connectivity index (χ2v) is 4.94. The highest BCUT2D eigenvalue weighted by molar-refractivity contribution is 7.57. The average Bonchev–Trinajstić information content (AvgIpc) is 1.60. The molecule has 0 aromatic rings. The topological polar surface area (TPSA) is 74.6 Å². The van der Waals surface area contributed by atoms with Crippen LogP contribution < -0.4 is 0 Å². The molecule has 0 aliphatic carbocycles. The Hall–Kier alpha value is -0.340. The number of aliphatic carboxylic acids is 1. The van der Waals surface area contributed by atoms with Crippen LogP contribution in [0.25, 0.3) is 0 Å².